The van der Waals surface area contributed by atoms with Gasteiger partial charge in [0, 0.05) is 18.8 Å². The number of aryl methyl sites for hydroxylation is 1. The molecule has 0 aliphatic rings. The van der Waals surface area contributed by atoms with Crippen LogP contribution in [0.2, 0.25) is 0 Å². The lowest BCUT2D eigenvalue weighted by Gasteiger charge is -2.21. The van der Waals surface area contributed by atoms with E-state index in [0.717, 1.165) is 17.3 Å². The van der Waals surface area contributed by atoms with Gasteiger partial charge in [-0.05, 0) is 18.6 Å². The van der Waals surface area contributed by atoms with Crippen molar-refractivity contribution in [2.45, 2.75) is 13.1 Å². The summed E-state index contributed by atoms with van der Waals surface area (Å²) >= 11 is 0. The SMILES string of the molecule is Cc1ccccc1N(C)c1cc(C(F)(F)F)nc(N)n1. The van der Waals surface area contributed by atoms with Gasteiger partial charge >= 0.3 is 6.18 Å². The van der Waals surface area contributed by atoms with Crippen LogP contribution in [0.3, 0.4) is 0 Å². The largest absolute Gasteiger partial charge is 0.433 e. The summed E-state index contributed by atoms with van der Waals surface area (Å²) < 4.78 is 38.2. The second kappa shape index (κ2) is 4.99. The number of nitrogen functional groups attached to an aromatic ring is 1. The summed E-state index contributed by atoms with van der Waals surface area (Å²) in [6.45, 7) is 1.86. The molecule has 0 spiro atoms. The van der Waals surface area contributed by atoms with Crippen molar-refractivity contribution in [1.82, 2.24) is 9.97 Å². The monoisotopic (exact) mass is 282 g/mol. The second-order valence-electron chi connectivity index (χ2n) is 4.31. The minimum Gasteiger partial charge on any atom is -0.368 e. The van der Waals surface area contributed by atoms with E-state index in [1.165, 1.54) is 0 Å². The van der Waals surface area contributed by atoms with Gasteiger partial charge in [0.1, 0.15) is 5.82 Å². The zero-order valence-electron chi connectivity index (χ0n) is 10.9. The van der Waals surface area contributed by atoms with Gasteiger partial charge in [-0.1, -0.05) is 18.2 Å². The molecule has 0 aliphatic heterocycles. The molecule has 0 radical (unpaired) electrons. The van der Waals surface area contributed by atoms with Crippen molar-refractivity contribution in [1.29, 1.82) is 0 Å². The third-order valence-electron chi connectivity index (χ3n) is 2.84. The van der Waals surface area contributed by atoms with Crippen LogP contribution in [-0.4, -0.2) is 17.0 Å². The molecule has 1 aromatic heterocycles. The van der Waals surface area contributed by atoms with Crippen molar-refractivity contribution in [2.75, 3.05) is 17.7 Å². The molecular weight excluding hydrogens is 269 g/mol. The fourth-order valence-electron chi connectivity index (χ4n) is 1.83. The van der Waals surface area contributed by atoms with Crippen LogP contribution < -0.4 is 10.6 Å². The summed E-state index contributed by atoms with van der Waals surface area (Å²) in [4.78, 5) is 8.62. The van der Waals surface area contributed by atoms with Crippen molar-refractivity contribution in [2.24, 2.45) is 0 Å². The van der Waals surface area contributed by atoms with Gasteiger partial charge in [0.15, 0.2) is 5.69 Å². The molecule has 0 fully saturated rings. The van der Waals surface area contributed by atoms with E-state index < -0.39 is 17.8 Å². The fourth-order valence-corrected chi connectivity index (χ4v) is 1.83. The molecule has 20 heavy (non-hydrogen) atoms. The van der Waals surface area contributed by atoms with Crippen molar-refractivity contribution in [3.8, 4) is 0 Å². The number of nitrogens with zero attached hydrogens (tertiary/aromatic N) is 3. The molecule has 0 amide bonds. The van der Waals surface area contributed by atoms with Gasteiger partial charge in [0.05, 0.1) is 0 Å². The van der Waals surface area contributed by atoms with E-state index >= 15 is 0 Å². The summed E-state index contributed by atoms with van der Waals surface area (Å²) in [7, 11) is 1.63. The van der Waals surface area contributed by atoms with E-state index in [2.05, 4.69) is 9.97 Å². The first kappa shape index (κ1) is 14.1. The Bertz CT molecular complexity index is 625. The number of halogens is 3. The van der Waals surface area contributed by atoms with Crippen LogP contribution in [0.4, 0.5) is 30.6 Å². The summed E-state index contributed by atoms with van der Waals surface area (Å²) in [5.41, 5.74) is 5.97. The molecule has 106 valence electrons. The summed E-state index contributed by atoms with van der Waals surface area (Å²) in [6, 6.07) is 8.18. The van der Waals surface area contributed by atoms with Crippen LogP contribution in [0, 0.1) is 6.92 Å². The molecule has 2 aromatic rings. The van der Waals surface area contributed by atoms with Crippen molar-refractivity contribution in [3.63, 3.8) is 0 Å². The van der Waals surface area contributed by atoms with E-state index in [0.29, 0.717) is 0 Å². The third kappa shape index (κ3) is 2.81. The average Bonchev–Trinajstić information content (AvgIpc) is 2.37. The van der Waals surface area contributed by atoms with Crippen LogP contribution in [0.25, 0.3) is 0 Å². The van der Waals surface area contributed by atoms with E-state index in [4.69, 9.17) is 5.73 Å². The van der Waals surface area contributed by atoms with Gasteiger partial charge in [-0.25, -0.2) is 4.98 Å². The lowest BCUT2D eigenvalue weighted by atomic mass is 10.2. The quantitative estimate of drug-likeness (QED) is 0.919. The first-order valence-corrected chi connectivity index (χ1v) is 5.80. The van der Waals surface area contributed by atoms with Crippen molar-refractivity contribution < 1.29 is 13.2 Å². The molecule has 4 nitrogen and oxygen atoms in total. The number of hydrogen-bond donors (Lipinski definition) is 1. The molecule has 0 saturated carbocycles. The molecule has 7 heteroatoms. The van der Waals surface area contributed by atoms with Gasteiger partial charge < -0.3 is 10.6 Å². The first-order chi connectivity index (χ1) is 9.29. The first-order valence-electron chi connectivity index (χ1n) is 5.80. The van der Waals surface area contributed by atoms with Gasteiger partial charge in [0.25, 0.3) is 0 Å². The van der Waals surface area contributed by atoms with Crippen LogP contribution in [0.15, 0.2) is 30.3 Å². The third-order valence-corrected chi connectivity index (χ3v) is 2.84. The molecular formula is C13H13F3N4. The lowest BCUT2D eigenvalue weighted by Crippen LogP contribution is -2.17. The van der Waals surface area contributed by atoms with Crippen LogP contribution in [0.1, 0.15) is 11.3 Å². The number of nitrogens with two attached hydrogens (primary N) is 1. The highest BCUT2D eigenvalue weighted by Gasteiger charge is 2.34. The number of benzene rings is 1. The summed E-state index contributed by atoms with van der Waals surface area (Å²) in [5, 5.41) is 0. The topological polar surface area (TPSA) is 55.0 Å². The number of para-hydroxylation sites is 1. The number of aromatic nitrogens is 2. The van der Waals surface area contributed by atoms with Crippen molar-refractivity contribution >= 4 is 17.5 Å². The molecule has 0 atom stereocenters. The molecule has 0 bridgehead atoms. The summed E-state index contributed by atoms with van der Waals surface area (Å²) in [5.74, 6) is -0.311. The summed E-state index contributed by atoms with van der Waals surface area (Å²) in [6.07, 6.45) is -4.56. The molecule has 0 aliphatic carbocycles. The highest BCUT2D eigenvalue weighted by molar-refractivity contribution is 5.63. The molecule has 1 heterocycles. The highest BCUT2D eigenvalue weighted by Crippen LogP contribution is 2.32. The predicted molar refractivity (Wildman–Crippen MR) is 70.7 cm³/mol. The van der Waals surface area contributed by atoms with Crippen molar-refractivity contribution in [3.05, 3.63) is 41.6 Å². The van der Waals surface area contributed by atoms with Crippen LogP contribution >= 0.6 is 0 Å². The zero-order valence-corrected chi connectivity index (χ0v) is 10.9. The molecule has 2 N–H and O–H groups in total. The minimum atomic E-state index is -4.56. The van der Waals surface area contributed by atoms with Crippen LogP contribution in [-0.2, 0) is 6.18 Å². The van der Waals surface area contributed by atoms with E-state index in [1.807, 2.05) is 19.1 Å². The number of rotatable bonds is 2. The van der Waals surface area contributed by atoms with Gasteiger partial charge in [0.2, 0.25) is 5.95 Å². The van der Waals surface area contributed by atoms with E-state index in [1.54, 1.807) is 24.1 Å². The van der Waals surface area contributed by atoms with E-state index in [-0.39, 0.29) is 5.82 Å². The highest BCUT2D eigenvalue weighted by atomic mass is 19.4. The Morgan fingerprint density at radius 2 is 1.80 bits per heavy atom. The fraction of sp³-hybridized carbons (Fsp3) is 0.231. The van der Waals surface area contributed by atoms with Gasteiger partial charge in [-0.3, -0.25) is 0 Å². The van der Waals surface area contributed by atoms with Gasteiger partial charge in [-0.15, -0.1) is 0 Å². The van der Waals surface area contributed by atoms with Gasteiger partial charge in [-0.2, -0.15) is 18.2 Å². The smallest absolute Gasteiger partial charge is 0.368 e. The minimum absolute atomic E-state index is 0.0964. The standard InChI is InChI=1S/C13H13F3N4/c1-8-5-3-4-6-9(8)20(2)11-7-10(13(14,15)16)18-12(17)19-11/h3-7H,1-2H3,(H2,17,18,19). The van der Waals surface area contributed by atoms with Crippen LogP contribution in [0.5, 0.6) is 0 Å². The number of hydrogen-bond acceptors (Lipinski definition) is 4. The Kier molecular flexibility index (Phi) is 3.52. The normalized spacial score (nSPS) is 11.4. The Morgan fingerprint density at radius 1 is 1.15 bits per heavy atom. The maximum absolute atomic E-state index is 12.7. The second-order valence-corrected chi connectivity index (χ2v) is 4.31. The Balaban J connectivity index is 2.48. The number of anilines is 3. The molecule has 0 unspecified atom stereocenters. The lowest BCUT2D eigenvalue weighted by molar-refractivity contribution is -0.141. The van der Waals surface area contributed by atoms with E-state index in [9.17, 15) is 13.2 Å². The average molecular weight is 282 g/mol. The zero-order chi connectivity index (χ0) is 14.9. The Labute approximate surface area is 114 Å². The molecule has 2 rings (SSSR count). The maximum atomic E-state index is 12.7. The Hall–Kier alpha value is -2.31. The predicted octanol–water partition coefficient (Wildman–Crippen LogP) is 3.15. The molecule has 0 saturated heterocycles. The Morgan fingerprint density at radius 3 is 2.40 bits per heavy atom. The number of alkyl halides is 3. The molecule has 1 aromatic carbocycles. The maximum Gasteiger partial charge on any atom is 0.433 e.